The number of hydrogen-bond acceptors (Lipinski definition) is 5. The molecule has 2 heterocycles. The van der Waals surface area contributed by atoms with Crippen LogP contribution in [0, 0.1) is 18.6 Å². The Bertz CT molecular complexity index is 934. The van der Waals surface area contributed by atoms with E-state index in [0.29, 0.717) is 43.8 Å². The van der Waals surface area contributed by atoms with Crippen LogP contribution in [0.1, 0.15) is 5.56 Å². The maximum atomic E-state index is 13.8. The highest BCUT2D eigenvalue weighted by Crippen LogP contribution is 2.28. The van der Waals surface area contributed by atoms with Crippen LogP contribution >= 0.6 is 0 Å². The van der Waals surface area contributed by atoms with E-state index >= 15 is 0 Å². The van der Waals surface area contributed by atoms with E-state index in [1.807, 2.05) is 24.3 Å². The number of aryl methyl sites for hydroxylation is 1. The van der Waals surface area contributed by atoms with E-state index in [2.05, 4.69) is 20.2 Å². The number of fused-ring (bicyclic) bond motifs is 1. The van der Waals surface area contributed by atoms with Crippen molar-refractivity contribution >= 4 is 28.4 Å². The summed E-state index contributed by atoms with van der Waals surface area (Å²) in [6.45, 7) is 4.20. The van der Waals surface area contributed by atoms with E-state index in [1.165, 1.54) is 6.92 Å². The lowest BCUT2D eigenvalue weighted by molar-refractivity contribution is 0.122. The molecule has 0 bridgehead atoms. The molecule has 0 unspecified atom stereocenters. The van der Waals surface area contributed by atoms with Crippen molar-refractivity contribution < 1.29 is 13.5 Å². The molecule has 26 heavy (non-hydrogen) atoms. The summed E-state index contributed by atoms with van der Waals surface area (Å²) in [5.74, 6) is -0.576. The van der Waals surface area contributed by atoms with Crippen molar-refractivity contribution in [1.29, 1.82) is 0 Å². The predicted octanol–water partition coefficient (Wildman–Crippen LogP) is 3.80. The van der Waals surface area contributed by atoms with Crippen molar-refractivity contribution in [3.05, 3.63) is 53.6 Å². The number of anilines is 3. The highest BCUT2D eigenvalue weighted by Gasteiger charge is 2.17. The average molecular weight is 356 g/mol. The summed E-state index contributed by atoms with van der Waals surface area (Å²) in [5, 5.41) is 3.93. The predicted molar refractivity (Wildman–Crippen MR) is 96.9 cm³/mol. The molecule has 0 radical (unpaired) electrons. The minimum absolute atomic E-state index is 0.235. The first kappa shape index (κ1) is 16.7. The Morgan fingerprint density at radius 3 is 2.62 bits per heavy atom. The van der Waals surface area contributed by atoms with E-state index in [1.54, 1.807) is 6.07 Å². The monoisotopic (exact) mass is 356 g/mol. The molecule has 0 amide bonds. The molecule has 1 saturated heterocycles. The zero-order valence-electron chi connectivity index (χ0n) is 14.3. The van der Waals surface area contributed by atoms with Crippen LogP contribution in [-0.4, -0.2) is 36.3 Å². The maximum absolute atomic E-state index is 13.8. The lowest BCUT2D eigenvalue weighted by atomic mass is 10.2. The third-order valence-corrected chi connectivity index (χ3v) is 4.36. The molecule has 0 spiro atoms. The highest BCUT2D eigenvalue weighted by atomic mass is 19.2. The molecule has 1 aromatic heterocycles. The van der Waals surface area contributed by atoms with Crippen LogP contribution in [0.2, 0.25) is 0 Å². The van der Waals surface area contributed by atoms with Crippen LogP contribution in [0.4, 0.5) is 26.2 Å². The number of nitrogens with one attached hydrogen (secondary N) is 1. The van der Waals surface area contributed by atoms with Gasteiger partial charge < -0.3 is 15.0 Å². The Balaban J connectivity index is 1.77. The van der Waals surface area contributed by atoms with Gasteiger partial charge in [0, 0.05) is 30.2 Å². The van der Waals surface area contributed by atoms with Crippen molar-refractivity contribution in [3.8, 4) is 0 Å². The molecule has 0 aliphatic carbocycles. The smallest absolute Gasteiger partial charge is 0.228 e. The zero-order valence-corrected chi connectivity index (χ0v) is 14.3. The van der Waals surface area contributed by atoms with Crippen LogP contribution in [0.3, 0.4) is 0 Å². The summed E-state index contributed by atoms with van der Waals surface area (Å²) in [6.07, 6.45) is 0. The lowest BCUT2D eigenvalue weighted by Gasteiger charge is -2.27. The second-order valence-electron chi connectivity index (χ2n) is 6.20. The fourth-order valence-electron chi connectivity index (χ4n) is 3.00. The van der Waals surface area contributed by atoms with E-state index < -0.39 is 11.6 Å². The summed E-state index contributed by atoms with van der Waals surface area (Å²) in [5.41, 5.74) is 1.46. The number of aromatic nitrogens is 2. The van der Waals surface area contributed by atoms with Crippen molar-refractivity contribution in [1.82, 2.24) is 9.97 Å². The molecule has 134 valence electrons. The summed E-state index contributed by atoms with van der Waals surface area (Å²) in [4.78, 5) is 11.3. The lowest BCUT2D eigenvalue weighted by Crippen LogP contribution is -2.37. The quantitative estimate of drug-likeness (QED) is 0.774. The van der Waals surface area contributed by atoms with E-state index in [9.17, 15) is 8.78 Å². The molecule has 0 saturated carbocycles. The minimum Gasteiger partial charge on any atom is -0.378 e. The van der Waals surface area contributed by atoms with Gasteiger partial charge in [0.25, 0.3) is 0 Å². The first-order valence-electron chi connectivity index (χ1n) is 8.44. The molecule has 4 rings (SSSR count). The molecule has 7 heteroatoms. The SMILES string of the molecule is Cc1cc(Nc2nc(N3CCOCC3)nc3ccccc23)cc(F)c1F. The molecule has 1 aliphatic heterocycles. The number of halogens is 2. The highest BCUT2D eigenvalue weighted by molar-refractivity contribution is 5.91. The molecule has 3 aromatic rings. The van der Waals surface area contributed by atoms with Gasteiger partial charge in [-0.15, -0.1) is 0 Å². The van der Waals surface area contributed by atoms with Crippen molar-refractivity contribution in [2.75, 3.05) is 36.5 Å². The molecular weight excluding hydrogens is 338 g/mol. The number of nitrogens with zero attached hydrogens (tertiary/aromatic N) is 3. The van der Waals surface area contributed by atoms with Gasteiger partial charge in [0.05, 0.1) is 18.7 Å². The van der Waals surface area contributed by atoms with Crippen LogP contribution in [-0.2, 0) is 4.74 Å². The van der Waals surface area contributed by atoms with Crippen LogP contribution < -0.4 is 10.2 Å². The Kier molecular flexibility index (Phi) is 4.38. The van der Waals surface area contributed by atoms with Crippen molar-refractivity contribution in [2.24, 2.45) is 0 Å². The van der Waals surface area contributed by atoms with Crippen molar-refractivity contribution in [2.45, 2.75) is 6.92 Å². The normalized spacial score (nSPS) is 14.7. The van der Waals surface area contributed by atoms with Gasteiger partial charge in [-0.1, -0.05) is 12.1 Å². The van der Waals surface area contributed by atoms with Gasteiger partial charge in [0.15, 0.2) is 11.6 Å². The fourth-order valence-corrected chi connectivity index (χ4v) is 3.00. The topological polar surface area (TPSA) is 50.3 Å². The number of benzene rings is 2. The molecule has 0 atom stereocenters. The maximum Gasteiger partial charge on any atom is 0.228 e. The molecule has 1 aliphatic rings. The van der Waals surface area contributed by atoms with Crippen LogP contribution in [0.15, 0.2) is 36.4 Å². The standard InChI is InChI=1S/C19H18F2N4O/c1-12-10-13(11-15(20)17(12)21)22-18-14-4-2-3-5-16(14)23-19(24-18)25-6-8-26-9-7-25/h2-5,10-11H,6-9H2,1H3,(H,22,23,24). The van der Waals surface area contributed by atoms with Gasteiger partial charge in [-0.05, 0) is 30.7 Å². The third kappa shape index (κ3) is 3.17. The van der Waals surface area contributed by atoms with Gasteiger partial charge >= 0.3 is 0 Å². The van der Waals surface area contributed by atoms with Gasteiger partial charge in [-0.25, -0.2) is 13.8 Å². The minimum atomic E-state index is -0.890. The molecule has 1 N–H and O–H groups in total. The first-order chi connectivity index (χ1) is 12.6. The Labute approximate surface area is 149 Å². The van der Waals surface area contributed by atoms with Gasteiger partial charge in [-0.2, -0.15) is 4.98 Å². The summed E-state index contributed by atoms with van der Waals surface area (Å²) in [6, 6.07) is 10.3. The Morgan fingerprint density at radius 2 is 1.85 bits per heavy atom. The molecule has 5 nitrogen and oxygen atoms in total. The van der Waals surface area contributed by atoms with E-state index in [-0.39, 0.29) is 5.56 Å². The fraction of sp³-hybridized carbons (Fsp3) is 0.263. The molecular formula is C19H18F2N4O. The second-order valence-corrected chi connectivity index (χ2v) is 6.20. The number of para-hydroxylation sites is 1. The third-order valence-electron chi connectivity index (χ3n) is 4.36. The van der Waals surface area contributed by atoms with Gasteiger partial charge in [0.1, 0.15) is 5.82 Å². The first-order valence-corrected chi connectivity index (χ1v) is 8.44. The summed E-state index contributed by atoms with van der Waals surface area (Å²) < 4.78 is 32.7. The average Bonchev–Trinajstić information content (AvgIpc) is 2.66. The zero-order chi connectivity index (χ0) is 18.1. The number of ether oxygens (including phenoxy) is 1. The number of hydrogen-bond donors (Lipinski definition) is 1. The Morgan fingerprint density at radius 1 is 1.08 bits per heavy atom. The summed E-state index contributed by atoms with van der Waals surface area (Å²) >= 11 is 0. The number of rotatable bonds is 3. The van der Waals surface area contributed by atoms with Gasteiger partial charge in [0.2, 0.25) is 5.95 Å². The van der Waals surface area contributed by atoms with Crippen LogP contribution in [0.25, 0.3) is 10.9 Å². The number of morpholine rings is 1. The van der Waals surface area contributed by atoms with Crippen LogP contribution in [0.5, 0.6) is 0 Å². The summed E-state index contributed by atoms with van der Waals surface area (Å²) in [7, 11) is 0. The van der Waals surface area contributed by atoms with E-state index in [0.717, 1.165) is 17.0 Å². The van der Waals surface area contributed by atoms with Gasteiger partial charge in [-0.3, -0.25) is 0 Å². The van der Waals surface area contributed by atoms with E-state index in [4.69, 9.17) is 4.74 Å². The molecule has 1 fully saturated rings. The largest absolute Gasteiger partial charge is 0.378 e. The Hall–Kier alpha value is -2.80. The molecule has 2 aromatic carbocycles. The second kappa shape index (κ2) is 6.84. The van der Waals surface area contributed by atoms with Crippen molar-refractivity contribution in [3.63, 3.8) is 0 Å².